The largest absolute Gasteiger partial charge is 0.0877 e. The van der Waals surface area contributed by atoms with E-state index in [4.69, 9.17) is 2.74 Å². The van der Waals surface area contributed by atoms with Gasteiger partial charge in [-0.05, 0) is 13.8 Å². The van der Waals surface area contributed by atoms with Crippen molar-refractivity contribution in [3.63, 3.8) is 0 Å². The first-order valence-electron chi connectivity index (χ1n) is 2.95. The Morgan fingerprint density at radius 1 is 1.50 bits per heavy atom. The van der Waals surface area contributed by atoms with Crippen LogP contribution in [0, 0.1) is 0 Å². The zero-order valence-corrected chi connectivity index (χ0v) is 4.15. The van der Waals surface area contributed by atoms with E-state index in [1.165, 1.54) is 0 Å². The Morgan fingerprint density at radius 2 is 2.17 bits per heavy atom. The van der Waals surface area contributed by atoms with Crippen LogP contribution in [0.15, 0.2) is 24.3 Å². The lowest BCUT2D eigenvalue weighted by Gasteiger charge is -1.62. The molecule has 0 nitrogen and oxygen atoms in total. The van der Waals surface area contributed by atoms with Gasteiger partial charge in [0.15, 0.2) is 0 Å². The first-order valence-corrected chi connectivity index (χ1v) is 1.95. The van der Waals surface area contributed by atoms with Crippen molar-refractivity contribution in [1.82, 2.24) is 0 Å². The Bertz CT molecular complexity index is 118. The van der Waals surface area contributed by atoms with Crippen LogP contribution in [0.4, 0.5) is 0 Å². The lowest BCUT2D eigenvalue weighted by atomic mass is 10.5. The van der Waals surface area contributed by atoms with Crippen LogP contribution in [-0.4, -0.2) is 0 Å². The van der Waals surface area contributed by atoms with Gasteiger partial charge in [0.1, 0.15) is 0 Å². The Kier molecular flexibility index (Phi) is 1.96. The van der Waals surface area contributed by atoms with Crippen LogP contribution < -0.4 is 0 Å². The van der Waals surface area contributed by atoms with Crippen LogP contribution in [0.2, 0.25) is 0 Å². The molecule has 0 atom stereocenters. The summed E-state index contributed by atoms with van der Waals surface area (Å²) in [5.74, 6) is 0. The topological polar surface area (TPSA) is 0 Å². The van der Waals surface area contributed by atoms with Crippen molar-refractivity contribution in [3.05, 3.63) is 24.3 Å². The summed E-state index contributed by atoms with van der Waals surface area (Å²) < 4.78 is 14.0. The van der Waals surface area contributed by atoms with Crippen molar-refractivity contribution in [1.29, 1.82) is 0 Å². The van der Waals surface area contributed by atoms with Gasteiger partial charge in [0.05, 0.1) is 2.74 Å². The number of hydrogen-bond donors (Lipinski definition) is 0. The van der Waals surface area contributed by atoms with E-state index in [0.717, 1.165) is 0 Å². The summed E-state index contributed by atoms with van der Waals surface area (Å²) in [5, 5.41) is 0. The molecule has 6 heavy (non-hydrogen) atoms. The highest BCUT2D eigenvalue weighted by Gasteiger charge is 1.48. The summed E-state index contributed by atoms with van der Waals surface area (Å²) in [6, 6.07) is 0.593. The standard InChI is InChI=1S/C6H10/c1-3-5-6-4-2/h3-6H,1-2H3/b5-3-,6-4+/i3T,5T. The van der Waals surface area contributed by atoms with Crippen LogP contribution in [-0.2, 0) is 0 Å². The van der Waals surface area contributed by atoms with E-state index < -0.39 is 0 Å². The van der Waals surface area contributed by atoms with Gasteiger partial charge in [-0.2, -0.15) is 0 Å². The van der Waals surface area contributed by atoms with E-state index >= 15 is 0 Å². The normalized spacial score (nSPS) is 19.7. The molecule has 0 unspecified atom stereocenters. The molecule has 0 aliphatic heterocycles. The fourth-order valence-electron chi connectivity index (χ4n) is 0.167. The molecule has 0 heterocycles. The zero-order valence-electron chi connectivity index (χ0n) is 6.15. The molecular weight excluding hydrogens is 72.1 g/mol. The first-order chi connectivity index (χ1) is 3.68. The molecule has 0 aromatic rings. The van der Waals surface area contributed by atoms with Gasteiger partial charge in [0.2, 0.25) is 0 Å². The fraction of sp³-hybridized carbons (Fsp3) is 0.333. The number of hydrogen-bond acceptors (Lipinski definition) is 0. The van der Waals surface area contributed by atoms with Crippen molar-refractivity contribution in [2.45, 2.75) is 13.8 Å². The molecule has 0 bridgehead atoms. The minimum absolute atomic E-state index is 0.285. The molecule has 0 rings (SSSR count). The molecule has 0 aromatic heterocycles. The molecule has 0 aliphatic carbocycles. The van der Waals surface area contributed by atoms with E-state index in [9.17, 15) is 0 Å². The van der Waals surface area contributed by atoms with Gasteiger partial charge in [-0.15, -0.1) is 0 Å². The molecule has 0 fully saturated rings. The minimum atomic E-state index is 0.285. The quantitative estimate of drug-likeness (QED) is 0.429. The molecule has 0 saturated heterocycles. The molecule has 34 valence electrons. The highest BCUT2D eigenvalue weighted by atomic mass is 13.6. The third-order valence-corrected chi connectivity index (χ3v) is 0.394. The first kappa shape index (κ1) is 2.62. The molecule has 0 N–H and O–H groups in total. The lowest BCUT2D eigenvalue weighted by molar-refractivity contribution is 1.69. The maximum Gasteiger partial charge on any atom is 0.0619 e. The maximum absolute atomic E-state index is 7.03. The Hall–Kier alpha value is -0.520. The van der Waals surface area contributed by atoms with Crippen molar-refractivity contribution in [2.24, 2.45) is 0 Å². The van der Waals surface area contributed by atoms with Gasteiger partial charge in [-0.1, -0.05) is 24.3 Å². The SMILES string of the molecule is [3H]/C(C)=C([3H])/C=C/C. The summed E-state index contributed by atoms with van der Waals surface area (Å²) in [6.45, 7) is 3.43. The second-order valence-corrected chi connectivity index (χ2v) is 0.894. The molecule has 0 aliphatic rings. The highest BCUT2D eigenvalue weighted by Crippen LogP contribution is 1.71. The van der Waals surface area contributed by atoms with Crippen LogP contribution in [0.1, 0.15) is 16.6 Å². The molecular formula is C6H10. The Morgan fingerprint density at radius 3 is 2.33 bits per heavy atom. The van der Waals surface area contributed by atoms with E-state index in [0.29, 0.717) is 6.05 Å². The van der Waals surface area contributed by atoms with Gasteiger partial charge in [0.25, 0.3) is 0 Å². The summed E-state index contributed by atoms with van der Waals surface area (Å²) in [7, 11) is 0. The van der Waals surface area contributed by atoms with Gasteiger partial charge < -0.3 is 0 Å². The number of rotatable bonds is 1. The monoisotopic (exact) mass is 86.1 g/mol. The lowest BCUT2D eigenvalue weighted by Crippen LogP contribution is -1.40. The smallest absolute Gasteiger partial charge is 0.0619 e. The summed E-state index contributed by atoms with van der Waals surface area (Å²) >= 11 is 0. The third-order valence-electron chi connectivity index (χ3n) is 0.394. The van der Waals surface area contributed by atoms with Crippen molar-refractivity contribution < 1.29 is 2.74 Å². The van der Waals surface area contributed by atoms with Crippen molar-refractivity contribution >= 4 is 0 Å². The Balaban J connectivity index is 4.00. The van der Waals surface area contributed by atoms with Crippen molar-refractivity contribution in [3.8, 4) is 0 Å². The molecule has 0 saturated carbocycles. The van der Waals surface area contributed by atoms with Gasteiger partial charge in [-0.3, -0.25) is 0 Å². The van der Waals surface area contributed by atoms with E-state index in [-0.39, 0.29) is 6.05 Å². The van der Waals surface area contributed by atoms with E-state index in [1.807, 2.05) is 6.92 Å². The summed E-state index contributed by atoms with van der Waals surface area (Å²) in [5.41, 5.74) is 0. The van der Waals surface area contributed by atoms with Crippen LogP contribution in [0.3, 0.4) is 0 Å². The molecule has 0 radical (unpaired) electrons. The molecule has 0 amide bonds. The van der Waals surface area contributed by atoms with E-state index in [1.54, 1.807) is 19.1 Å². The molecule has 0 heteroatoms. The van der Waals surface area contributed by atoms with Gasteiger partial charge in [-0.25, -0.2) is 0 Å². The summed E-state index contributed by atoms with van der Waals surface area (Å²) in [6.07, 6.45) is 3.35. The minimum Gasteiger partial charge on any atom is -0.0877 e. The maximum atomic E-state index is 7.03. The highest BCUT2D eigenvalue weighted by molar-refractivity contribution is 4.98. The second-order valence-electron chi connectivity index (χ2n) is 0.894. The average molecular weight is 86.2 g/mol. The van der Waals surface area contributed by atoms with Crippen LogP contribution in [0.25, 0.3) is 0 Å². The van der Waals surface area contributed by atoms with Gasteiger partial charge >= 0.3 is 0 Å². The van der Waals surface area contributed by atoms with Crippen LogP contribution >= 0.6 is 0 Å². The van der Waals surface area contributed by atoms with Crippen molar-refractivity contribution in [2.75, 3.05) is 0 Å². The second kappa shape index (κ2) is 4.48. The van der Waals surface area contributed by atoms with E-state index in [2.05, 4.69) is 0 Å². The van der Waals surface area contributed by atoms with Crippen LogP contribution in [0.5, 0.6) is 0 Å². The zero-order chi connectivity index (χ0) is 6.57. The number of allylic oxidation sites excluding steroid dienone is 4. The third kappa shape index (κ3) is 3.48. The predicted octanol–water partition coefficient (Wildman–Crippen LogP) is 2.14. The molecule has 0 spiro atoms. The predicted molar refractivity (Wildman–Crippen MR) is 29.6 cm³/mol. The molecule has 0 aromatic carbocycles. The average Bonchev–Trinajstić information content (AvgIpc) is 1.67. The Labute approximate surface area is 42.0 Å². The fourth-order valence-corrected chi connectivity index (χ4v) is 0.167. The van der Waals surface area contributed by atoms with Gasteiger partial charge in [0, 0.05) is 0 Å². The summed E-state index contributed by atoms with van der Waals surface area (Å²) in [4.78, 5) is 0.